The first kappa shape index (κ1) is 15.8. The Hall–Kier alpha value is -1.54. The van der Waals surface area contributed by atoms with Crippen LogP contribution in [0.25, 0.3) is 0 Å². The van der Waals surface area contributed by atoms with Gasteiger partial charge in [0, 0.05) is 18.5 Å². The summed E-state index contributed by atoms with van der Waals surface area (Å²) in [7, 11) is 0. The van der Waals surface area contributed by atoms with E-state index < -0.39 is 0 Å². The highest BCUT2D eigenvalue weighted by Gasteiger charge is 2.12. The van der Waals surface area contributed by atoms with Crippen molar-refractivity contribution in [1.29, 1.82) is 0 Å². The minimum atomic E-state index is 0.433. The van der Waals surface area contributed by atoms with Gasteiger partial charge in [0.2, 0.25) is 0 Å². The monoisotopic (exact) mass is 285 g/mol. The van der Waals surface area contributed by atoms with Crippen LogP contribution in [0.1, 0.15) is 56.5 Å². The molecule has 1 aromatic heterocycles. The van der Waals surface area contributed by atoms with E-state index >= 15 is 0 Å². The van der Waals surface area contributed by atoms with Crippen LogP contribution in [-0.2, 0) is 12.8 Å². The number of rotatable bonds is 8. The SMILES string of the molecule is CCc1ccc(C(CC)NC(C)CCc2ccco2)cc1. The van der Waals surface area contributed by atoms with Gasteiger partial charge in [0.1, 0.15) is 5.76 Å². The Kier molecular flexibility index (Phi) is 6.06. The van der Waals surface area contributed by atoms with Crippen molar-refractivity contribution in [3.63, 3.8) is 0 Å². The molecule has 0 aliphatic carbocycles. The number of furan rings is 1. The zero-order valence-corrected chi connectivity index (χ0v) is 13.4. The summed E-state index contributed by atoms with van der Waals surface area (Å²) < 4.78 is 5.40. The van der Waals surface area contributed by atoms with E-state index in [4.69, 9.17) is 4.42 Å². The van der Waals surface area contributed by atoms with Crippen molar-refractivity contribution >= 4 is 0 Å². The zero-order chi connectivity index (χ0) is 15.1. The van der Waals surface area contributed by atoms with E-state index in [9.17, 15) is 0 Å². The highest BCUT2D eigenvalue weighted by molar-refractivity contribution is 5.25. The van der Waals surface area contributed by atoms with Gasteiger partial charge in [-0.15, -0.1) is 0 Å². The van der Waals surface area contributed by atoms with E-state index in [0.29, 0.717) is 12.1 Å². The lowest BCUT2D eigenvalue weighted by atomic mass is 10.0. The number of hydrogen-bond donors (Lipinski definition) is 1. The third kappa shape index (κ3) is 4.75. The molecule has 2 rings (SSSR count). The lowest BCUT2D eigenvalue weighted by Gasteiger charge is -2.23. The van der Waals surface area contributed by atoms with Gasteiger partial charge in [-0.3, -0.25) is 0 Å². The van der Waals surface area contributed by atoms with Crippen LogP contribution in [0.2, 0.25) is 0 Å². The standard InChI is InChI=1S/C19H27NO/c1-4-16-9-11-17(12-10-16)19(5-2)20-15(3)8-13-18-7-6-14-21-18/h6-7,9-12,14-15,19-20H,4-5,8,13H2,1-3H3. The first-order valence-electron chi connectivity index (χ1n) is 8.10. The molecular formula is C19H27NO. The maximum absolute atomic E-state index is 5.40. The van der Waals surface area contributed by atoms with E-state index in [1.807, 2.05) is 12.1 Å². The Bertz CT molecular complexity index is 501. The highest BCUT2D eigenvalue weighted by atomic mass is 16.3. The first-order chi connectivity index (χ1) is 10.2. The molecule has 0 fully saturated rings. The summed E-state index contributed by atoms with van der Waals surface area (Å²) in [6, 6.07) is 13.9. The molecule has 2 nitrogen and oxygen atoms in total. The topological polar surface area (TPSA) is 25.2 Å². The molecule has 1 heterocycles. The molecule has 114 valence electrons. The Morgan fingerprint density at radius 3 is 2.43 bits per heavy atom. The Balaban J connectivity index is 1.88. The molecule has 2 aromatic rings. The summed E-state index contributed by atoms with van der Waals surface area (Å²) in [5.74, 6) is 1.07. The van der Waals surface area contributed by atoms with Gasteiger partial charge >= 0.3 is 0 Å². The Morgan fingerprint density at radius 1 is 1.10 bits per heavy atom. The molecular weight excluding hydrogens is 258 g/mol. The second kappa shape index (κ2) is 8.04. The average molecular weight is 285 g/mol. The van der Waals surface area contributed by atoms with Gasteiger partial charge in [0.05, 0.1) is 6.26 Å². The van der Waals surface area contributed by atoms with Crippen molar-refractivity contribution < 1.29 is 4.42 Å². The van der Waals surface area contributed by atoms with Crippen LogP contribution in [0.4, 0.5) is 0 Å². The fourth-order valence-corrected chi connectivity index (χ4v) is 2.68. The average Bonchev–Trinajstić information content (AvgIpc) is 3.04. The minimum absolute atomic E-state index is 0.433. The summed E-state index contributed by atoms with van der Waals surface area (Å²) in [4.78, 5) is 0. The largest absolute Gasteiger partial charge is 0.469 e. The van der Waals surface area contributed by atoms with Crippen molar-refractivity contribution in [3.8, 4) is 0 Å². The van der Waals surface area contributed by atoms with Crippen LogP contribution in [0.5, 0.6) is 0 Å². The lowest BCUT2D eigenvalue weighted by Crippen LogP contribution is -2.30. The molecule has 2 unspecified atom stereocenters. The van der Waals surface area contributed by atoms with Gasteiger partial charge in [0.15, 0.2) is 0 Å². The van der Waals surface area contributed by atoms with Crippen molar-refractivity contribution in [2.45, 2.75) is 58.5 Å². The number of aryl methyl sites for hydroxylation is 2. The van der Waals surface area contributed by atoms with Crippen molar-refractivity contribution in [3.05, 3.63) is 59.5 Å². The highest BCUT2D eigenvalue weighted by Crippen LogP contribution is 2.19. The quantitative estimate of drug-likeness (QED) is 0.746. The third-order valence-electron chi connectivity index (χ3n) is 4.09. The normalized spacial score (nSPS) is 14.0. The fraction of sp³-hybridized carbons (Fsp3) is 0.474. The maximum Gasteiger partial charge on any atom is 0.103 e. The molecule has 0 saturated heterocycles. The number of benzene rings is 1. The molecule has 2 atom stereocenters. The molecule has 21 heavy (non-hydrogen) atoms. The van der Waals surface area contributed by atoms with Crippen LogP contribution < -0.4 is 5.32 Å². The van der Waals surface area contributed by atoms with Crippen LogP contribution in [-0.4, -0.2) is 6.04 Å². The molecule has 0 saturated carbocycles. The summed E-state index contributed by atoms with van der Waals surface area (Å²) in [6.07, 6.45) is 6.04. The van der Waals surface area contributed by atoms with Crippen LogP contribution in [0, 0.1) is 0 Å². The van der Waals surface area contributed by atoms with Gasteiger partial charge in [-0.25, -0.2) is 0 Å². The molecule has 1 N–H and O–H groups in total. The van der Waals surface area contributed by atoms with Crippen molar-refractivity contribution in [2.24, 2.45) is 0 Å². The van der Waals surface area contributed by atoms with Crippen molar-refractivity contribution in [1.82, 2.24) is 5.32 Å². The number of nitrogens with one attached hydrogen (secondary N) is 1. The van der Waals surface area contributed by atoms with E-state index in [1.165, 1.54) is 11.1 Å². The molecule has 2 heteroatoms. The lowest BCUT2D eigenvalue weighted by molar-refractivity contribution is 0.411. The van der Waals surface area contributed by atoms with E-state index in [0.717, 1.165) is 31.4 Å². The molecule has 1 aromatic carbocycles. The molecule has 0 aliphatic rings. The molecule has 0 bridgehead atoms. The Labute approximate surface area is 128 Å². The molecule has 0 spiro atoms. The second-order valence-corrected chi connectivity index (χ2v) is 5.74. The van der Waals surface area contributed by atoms with E-state index in [-0.39, 0.29) is 0 Å². The summed E-state index contributed by atoms with van der Waals surface area (Å²) >= 11 is 0. The van der Waals surface area contributed by atoms with Gasteiger partial charge in [-0.1, -0.05) is 38.1 Å². The fourth-order valence-electron chi connectivity index (χ4n) is 2.68. The van der Waals surface area contributed by atoms with Crippen LogP contribution in [0.15, 0.2) is 47.1 Å². The number of hydrogen-bond acceptors (Lipinski definition) is 2. The van der Waals surface area contributed by atoms with Crippen molar-refractivity contribution in [2.75, 3.05) is 0 Å². The smallest absolute Gasteiger partial charge is 0.103 e. The minimum Gasteiger partial charge on any atom is -0.469 e. The van der Waals surface area contributed by atoms with Crippen LogP contribution >= 0.6 is 0 Å². The summed E-state index contributed by atoms with van der Waals surface area (Å²) in [6.45, 7) is 6.69. The third-order valence-corrected chi connectivity index (χ3v) is 4.09. The van der Waals surface area contributed by atoms with Gasteiger partial charge in [0.25, 0.3) is 0 Å². The van der Waals surface area contributed by atoms with Gasteiger partial charge < -0.3 is 9.73 Å². The first-order valence-corrected chi connectivity index (χ1v) is 8.10. The summed E-state index contributed by atoms with van der Waals surface area (Å²) in [5, 5.41) is 3.74. The van der Waals surface area contributed by atoms with Gasteiger partial charge in [-0.2, -0.15) is 0 Å². The molecule has 0 radical (unpaired) electrons. The predicted molar refractivity (Wildman–Crippen MR) is 88.5 cm³/mol. The van der Waals surface area contributed by atoms with Crippen LogP contribution in [0.3, 0.4) is 0 Å². The van der Waals surface area contributed by atoms with E-state index in [1.54, 1.807) is 6.26 Å². The molecule has 0 aliphatic heterocycles. The van der Waals surface area contributed by atoms with Gasteiger partial charge in [-0.05, 0) is 49.4 Å². The summed E-state index contributed by atoms with van der Waals surface area (Å²) in [5.41, 5.74) is 2.79. The second-order valence-electron chi connectivity index (χ2n) is 5.74. The zero-order valence-electron chi connectivity index (χ0n) is 13.4. The molecule has 0 amide bonds. The predicted octanol–water partition coefficient (Wildman–Crippen LogP) is 4.90. The maximum atomic E-state index is 5.40. The Morgan fingerprint density at radius 2 is 1.86 bits per heavy atom. The van der Waals surface area contributed by atoms with E-state index in [2.05, 4.69) is 50.4 Å².